The molecule has 0 atom stereocenters. The van der Waals surface area contributed by atoms with Gasteiger partial charge in [0, 0.05) is 0 Å². The van der Waals surface area contributed by atoms with Gasteiger partial charge in [-0.3, -0.25) is 0 Å². The highest BCUT2D eigenvalue weighted by Crippen LogP contribution is 2.32. The minimum Gasteiger partial charge on any atom is -0.0985 e. The molecule has 0 saturated heterocycles. The maximum atomic E-state index is 4.98. The summed E-state index contributed by atoms with van der Waals surface area (Å²) in [5.41, 5.74) is 1.17. The molecule has 0 amide bonds. The maximum Gasteiger partial charge on any atom is 0.245 e. The molecular weight excluding hydrogens is 294 g/mol. The standard InChI is InChI=1S/C8H8.CBrCl3/c1-2-8-6-4-3-5-7-8;2-1(3,4)5/h2-7H,1H2;. The highest BCUT2D eigenvalue weighted by atomic mass is 79.9. The van der Waals surface area contributed by atoms with Crippen molar-refractivity contribution in [1.29, 1.82) is 0 Å². The van der Waals surface area contributed by atoms with Crippen molar-refractivity contribution in [3.05, 3.63) is 42.5 Å². The van der Waals surface area contributed by atoms with Gasteiger partial charge in [0.1, 0.15) is 0 Å². The van der Waals surface area contributed by atoms with E-state index < -0.39 is 2.70 Å². The third-order valence-corrected chi connectivity index (χ3v) is 1.04. The monoisotopic (exact) mass is 300 g/mol. The topological polar surface area (TPSA) is 0 Å². The minimum absolute atomic E-state index is 1.17. The van der Waals surface area contributed by atoms with E-state index in [0.29, 0.717) is 0 Å². The van der Waals surface area contributed by atoms with Gasteiger partial charge in [-0.1, -0.05) is 77.8 Å². The van der Waals surface area contributed by atoms with Crippen molar-refractivity contribution in [2.24, 2.45) is 0 Å². The van der Waals surface area contributed by atoms with Gasteiger partial charge in [0.2, 0.25) is 2.70 Å². The van der Waals surface area contributed by atoms with Crippen LogP contribution in [0.5, 0.6) is 0 Å². The second-order valence-corrected chi connectivity index (χ2v) is 6.88. The van der Waals surface area contributed by atoms with Gasteiger partial charge < -0.3 is 0 Å². The zero-order valence-electron chi connectivity index (χ0n) is 6.68. The van der Waals surface area contributed by atoms with Crippen molar-refractivity contribution in [2.75, 3.05) is 0 Å². The Morgan fingerprint density at radius 2 is 1.54 bits per heavy atom. The first kappa shape index (κ1) is 13.3. The lowest BCUT2D eigenvalue weighted by atomic mass is 10.2. The Hall–Kier alpha value is 0.310. The molecule has 0 aromatic heterocycles. The van der Waals surface area contributed by atoms with E-state index in [4.69, 9.17) is 34.8 Å². The molecule has 13 heavy (non-hydrogen) atoms. The van der Waals surface area contributed by atoms with E-state index >= 15 is 0 Å². The Morgan fingerprint density at radius 3 is 1.77 bits per heavy atom. The van der Waals surface area contributed by atoms with Crippen LogP contribution in [0.1, 0.15) is 5.56 Å². The van der Waals surface area contributed by atoms with E-state index in [1.807, 2.05) is 36.4 Å². The fourth-order valence-corrected chi connectivity index (χ4v) is 0.589. The summed E-state index contributed by atoms with van der Waals surface area (Å²) in [4.78, 5) is 0. The van der Waals surface area contributed by atoms with Crippen LogP contribution in [0.15, 0.2) is 36.9 Å². The summed E-state index contributed by atoms with van der Waals surface area (Å²) >= 11 is 17.6. The first-order chi connectivity index (χ1) is 5.93. The Balaban J connectivity index is 0.000000252. The van der Waals surface area contributed by atoms with E-state index in [9.17, 15) is 0 Å². The molecule has 0 spiro atoms. The van der Waals surface area contributed by atoms with Crippen molar-refractivity contribution in [2.45, 2.75) is 2.70 Å². The van der Waals surface area contributed by atoms with E-state index in [2.05, 4.69) is 22.5 Å². The number of rotatable bonds is 1. The summed E-state index contributed by atoms with van der Waals surface area (Å²) in [6.45, 7) is 3.63. The molecule has 0 radical (unpaired) electrons. The summed E-state index contributed by atoms with van der Waals surface area (Å²) in [6, 6.07) is 10.0. The molecule has 0 saturated carbocycles. The van der Waals surface area contributed by atoms with Crippen LogP contribution in [-0.2, 0) is 0 Å². The Labute approximate surface area is 102 Å². The van der Waals surface area contributed by atoms with Gasteiger partial charge in [0.05, 0.1) is 0 Å². The smallest absolute Gasteiger partial charge is 0.0985 e. The molecule has 1 rings (SSSR count). The molecule has 72 valence electrons. The van der Waals surface area contributed by atoms with Gasteiger partial charge in [-0.25, -0.2) is 0 Å². The van der Waals surface area contributed by atoms with Crippen molar-refractivity contribution in [3.63, 3.8) is 0 Å². The normalized spacial score (nSPS) is 9.85. The van der Waals surface area contributed by atoms with Crippen LogP contribution in [0.2, 0.25) is 0 Å². The quantitative estimate of drug-likeness (QED) is 0.638. The summed E-state index contributed by atoms with van der Waals surface area (Å²) < 4.78 is -1.27. The summed E-state index contributed by atoms with van der Waals surface area (Å²) in [6.07, 6.45) is 1.83. The maximum absolute atomic E-state index is 4.98. The lowest BCUT2D eigenvalue weighted by molar-refractivity contribution is 1.67. The van der Waals surface area contributed by atoms with E-state index in [1.54, 1.807) is 0 Å². The SMILES string of the molecule is C=Cc1ccccc1.ClC(Cl)(Cl)Br. The number of halogens is 4. The van der Waals surface area contributed by atoms with Crippen LogP contribution < -0.4 is 0 Å². The van der Waals surface area contributed by atoms with Gasteiger partial charge in [-0.05, 0) is 21.5 Å². The first-order valence-electron chi connectivity index (χ1n) is 3.36. The van der Waals surface area contributed by atoms with Gasteiger partial charge in [0.15, 0.2) is 0 Å². The molecule has 0 bridgehead atoms. The predicted octanol–water partition coefficient (Wildman–Crippen LogP) is 5.04. The lowest BCUT2D eigenvalue weighted by Gasteiger charge is -1.91. The van der Waals surface area contributed by atoms with Gasteiger partial charge >= 0.3 is 0 Å². The molecule has 0 fully saturated rings. The molecule has 0 heterocycles. The third kappa shape index (κ3) is 12.3. The van der Waals surface area contributed by atoms with Crippen molar-refractivity contribution >= 4 is 56.8 Å². The minimum atomic E-state index is -1.27. The molecule has 0 aliphatic carbocycles. The summed E-state index contributed by atoms with van der Waals surface area (Å²) in [5.74, 6) is 0. The number of hydrogen-bond acceptors (Lipinski definition) is 0. The van der Waals surface area contributed by atoms with Crippen LogP contribution in [0.3, 0.4) is 0 Å². The van der Waals surface area contributed by atoms with Crippen LogP contribution in [0.25, 0.3) is 6.08 Å². The van der Waals surface area contributed by atoms with Crippen LogP contribution in [-0.4, -0.2) is 2.70 Å². The van der Waals surface area contributed by atoms with Gasteiger partial charge in [-0.15, -0.1) is 0 Å². The molecule has 1 aromatic carbocycles. The lowest BCUT2D eigenvalue weighted by Crippen LogP contribution is -1.79. The second kappa shape index (κ2) is 6.72. The molecular formula is C9H8BrCl3. The van der Waals surface area contributed by atoms with Crippen LogP contribution >= 0.6 is 50.7 Å². The average Bonchev–Trinajstić information content (AvgIpc) is 2.03. The number of alkyl halides is 4. The Bertz CT molecular complexity index is 235. The van der Waals surface area contributed by atoms with Gasteiger partial charge in [0.25, 0.3) is 0 Å². The fourth-order valence-electron chi connectivity index (χ4n) is 0.589. The largest absolute Gasteiger partial charge is 0.245 e. The Kier molecular flexibility index (Phi) is 6.88. The fraction of sp³-hybridized carbons (Fsp3) is 0.111. The van der Waals surface area contributed by atoms with E-state index in [0.717, 1.165) is 0 Å². The predicted molar refractivity (Wildman–Crippen MR) is 65.8 cm³/mol. The zero-order chi connectivity index (χ0) is 10.3. The summed E-state index contributed by atoms with van der Waals surface area (Å²) in [7, 11) is 0. The molecule has 0 aliphatic rings. The van der Waals surface area contributed by atoms with Crippen LogP contribution in [0.4, 0.5) is 0 Å². The molecule has 0 N–H and O–H groups in total. The molecule has 1 aromatic rings. The first-order valence-corrected chi connectivity index (χ1v) is 5.29. The van der Waals surface area contributed by atoms with Crippen molar-refractivity contribution in [3.8, 4) is 0 Å². The molecule has 0 unspecified atom stereocenters. The highest BCUT2D eigenvalue weighted by molar-refractivity contribution is 9.11. The number of benzene rings is 1. The number of hydrogen-bond donors (Lipinski definition) is 0. The van der Waals surface area contributed by atoms with Crippen molar-refractivity contribution < 1.29 is 0 Å². The van der Waals surface area contributed by atoms with Crippen LogP contribution in [0, 0.1) is 0 Å². The Morgan fingerprint density at radius 1 is 1.15 bits per heavy atom. The second-order valence-electron chi connectivity index (χ2n) is 2.04. The molecule has 4 heteroatoms. The summed E-state index contributed by atoms with van der Waals surface area (Å²) in [5, 5.41) is 0. The highest BCUT2D eigenvalue weighted by Gasteiger charge is 2.10. The van der Waals surface area contributed by atoms with E-state index in [1.165, 1.54) is 5.56 Å². The van der Waals surface area contributed by atoms with E-state index in [-0.39, 0.29) is 0 Å². The van der Waals surface area contributed by atoms with Gasteiger partial charge in [-0.2, -0.15) is 0 Å². The third-order valence-electron chi connectivity index (χ3n) is 1.04. The average molecular weight is 302 g/mol. The van der Waals surface area contributed by atoms with Crippen molar-refractivity contribution in [1.82, 2.24) is 0 Å². The molecule has 0 nitrogen and oxygen atoms in total. The zero-order valence-corrected chi connectivity index (χ0v) is 10.5. The molecule has 0 aliphatic heterocycles.